The first-order valence-electron chi connectivity index (χ1n) is 10.9. The summed E-state index contributed by atoms with van der Waals surface area (Å²) in [5.74, 6) is -0.135. The van der Waals surface area contributed by atoms with E-state index >= 15 is 0 Å². The number of anilines is 1. The highest BCUT2D eigenvalue weighted by Gasteiger charge is 2.52. The van der Waals surface area contributed by atoms with Crippen LogP contribution >= 0.6 is 0 Å². The Kier molecular flexibility index (Phi) is 6.59. The van der Waals surface area contributed by atoms with E-state index in [0.29, 0.717) is 38.4 Å². The van der Waals surface area contributed by atoms with Crippen molar-refractivity contribution in [3.63, 3.8) is 0 Å². The average molecular weight is 495 g/mol. The van der Waals surface area contributed by atoms with Crippen LogP contribution in [0.15, 0.2) is 47.6 Å². The minimum absolute atomic E-state index is 0.110. The first-order valence-corrected chi connectivity index (χ1v) is 12.4. The van der Waals surface area contributed by atoms with Crippen molar-refractivity contribution < 1.29 is 26.3 Å². The summed E-state index contributed by atoms with van der Waals surface area (Å²) in [6.07, 6.45) is -1.26. The van der Waals surface area contributed by atoms with Crippen LogP contribution in [-0.4, -0.2) is 57.1 Å². The number of benzene rings is 1. The SMILES string of the molecule is CCOC[C@@]12CCN(c3ccc(C#N)c(C(F)(F)F)c3)C[C@@H]1CN(S(=O)(=O)c1cccnc1)C2. The molecule has 0 amide bonds. The highest BCUT2D eigenvalue weighted by molar-refractivity contribution is 7.89. The number of aromatic nitrogens is 1. The predicted molar refractivity (Wildman–Crippen MR) is 118 cm³/mol. The summed E-state index contributed by atoms with van der Waals surface area (Å²) >= 11 is 0. The molecule has 1 aromatic carbocycles. The van der Waals surface area contributed by atoms with Crippen molar-refractivity contribution in [2.75, 3.05) is 44.3 Å². The highest BCUT2D eigenvalue weighted by Crippen LogP contribution is 2.46. The highest BCUT2D eigenvalue weighted by atomic mass is 32.2. The number of alkyl halides is 3. The number of rotatable bonds is 6. The number of pyridine rings is 1. The minimum Gasteiger partial charge on any atom is -0.381 e. The number of ether oxygens (including phenoxy) is 1. The average Bonchev–Trinajstić information content (AvgIpc) is 3.22. The van der Waals surface area contributed by atoms with Gasteiger partial charge in [-0.05, 0) is 49.6 Å². The Morgan fingerprint density at radius 1 is 1.29 bits per heavy atom. The molecule has 4 rings (SSSR count). The fourth-order valence-corrected chi connectivity index (χ4v) is 6.45. The van der Waals surface area contributed by atoms with E-state index < -0.39 is 32.7 Å². The summed E-state index contributed by atoms with van der Waals surface area (Å²) in [6.45, 7) is 4.09. The maximum Gasteiger partial charge on any atom is 0.417 e. The van der Waals surface area contributed by atoms with Crippen molar-refractivity contribution in [1.82, 2.24) is 9.29 Å². The van der Waals surface area contributed by atoms with Crippen LogP contribution in [0, 0.1) is 22.7 Å². The van der Waals surface area contributed by atoms with E-state index in [2.05, 4.69) is 4.98 Å². The van der Waals surface area contributed by atoms with Gasteiger partial charge in [0.05, 0.1) is 23.8 Å². The Balaban J connectivity index is 1.63. The largest absolute Gasteiger partial charge is 0.417 e. The van der Waals surface area contributed by atoms with Crippen LogP contribution in [0.4, 0.5) is 18.9 Å². The second kappa shape index (κ2) is 9.17. The van der Waals surface area contributed by atoms with Crippen molar-refractivity contribution in [2.45, 2.75) is 24.4 Å². The van der Waals surface area contributed by atoms with E-state index in [9.17, 15) is 21.6 Å². The van der Waals surface area contributed by atoms with Crippen LogP contribution in [0.5, 0.6) is 0 Å². The van der Waals surface area contributed by atoms with Gasteiger partial charge in [0.1, 0.15) is 4.90 Å². The number of piperidine rings is 1. The Morgan fingerprint density at radius 2 is 2.09 bits per heavy atom. The summed E-state index contributed by atoms with van der Waals surface area (Å²) < 4.78 is 74.1. The lowest BCUT2D eigenvalue weighted by Crippen LogP contribution is -2.49. The molecule has 2 atom stereocenters. The Hall–Kier alpha value is -2.68. The molecule has 2 fully saturated rings. The number of sulfonamides is 1. The van der Waals surface area contributed by atoms with Crippen molar-refractivity contribution in [2.24, 2.45) is 11.3 Å². The zero-order valence-electron chi connectivity index (χ0n) is 18.6. The fraction of sp³-hybridized carbons (Fsp3) is 0.478. The van der Waals surface area contributed by atoms with Crippen molar-refractivity contribution >= 4 is 15.7 Å². The molecule has 0 N–H and O–H groups in total. The van der Waals surface area contributed by atoms with E-state index in [0.717, 1.165) is 6.07 Å². The van der Waals surface area contributed by atoms with Crippen LogP contribution in [0.25, 0.3) is 0 Å². The normalized spacial score (nSPS) is 23.5. The van der Waals surface area contributed by atoms with Gasteiger partial charge < -0.3 is 9.64 Å². The summed E-state index contributed by atoms with van der Waals surface area (Å²) in [5.41, 5.74) is -1.45. The van der Waals surface area contributed by atoms with E-state index in [-0.39, 0.29) is 23.9 Å². The lowest BCUT2D eigenvalue weighted by Gasteiger charge is -2.44. The molecule has 182 valence electrons. The number of fused-ring (bicyclic) bond motifs is 1. The Morgan fingerprint density at radius 3 is 2.74 bits per heavy atom. The Labute approximate surface area is 196 Å². The number of halogens is 3. The summed E-state index contributed by atoms with van der Waals surface area (Å²) in [5, 5.41) is 9.08. The zero-order valence-corrected chi connectivity index (χ0v) is 19.4. The number of nitrogens with zero attached hydrogens (tertiary/aromatic N) is 4. The monoisotopic (exact) mass is 494 g/mol. The van der Waals surface area contributed by atoms with Gasteiger partial charge in [0.2, 0.25) is 10.0 Å². The van der Waals surface area contributed by atoms with Crippen LogP contribution in [-0.2, 0) is 20.9 Å². The van der Waals surface area contributed by atoms with Gasteiger partial charge >= 0.3 is 6.18 Å². The van der Waals surface area contributed by atoms with Gasteiger partial charge in [-0.15, -0.1) is 0 Å². The molecule has 0 spiro atoms. The molecule has 2 aliphatic rings. The van der Waals surface area contributed by atoms with Gasteiger partial charge in [-0.3, -0.25) is 4.98 Å². The van der Waals surface area contributed by atoms with Crippen LogP contribution in [0.2, 0.25) is 0 Å². The van der Waals surface area contributed by atoms with Gasteiger partial charge in [0, 0.05) is 56.3 Å². The van der Waals surface area contributed by atoms with Crippen LogP contribution in [0.3, 0.4) is 0 Å². The molecule has 1 aromatic heterocycles. The lowest BCUT2D eigenvalue weighted by atomic mass is 9.73. The number of hydrogen-bond acceptors (Lipinski definition) is 6. The third-order valence-corrected chi connectivity index (χ3v) is 8.56. The van der Waals surface area contributed by atoms with E-state index in [4.69, 9.17) is 10.00 Å². The van der Waals surface area contributed by atoms with Crippen molar-refractivity contribution in [3.05, 3.63) is 53.9 Å². The molecule has 2 aromatic rings. The first kappa shape index (κ1) is 24.4. The summed E-state index contributed by atoms with van der Waals surface area (Å²) in [6, 6.07) is 8.38. The third-order valence-electron chi connectivity index (χ3n) is 6.76. The molecule has 0 unspecified atom stereocenters. The van der Waals surface area contributed by atoms with Gasteiger partial charge in [-0.25, -0.2) is 8.42 Å². The molecular weight excluding hydrogens is 469 g/mol. The number of nitriles is 1. The maximum atomic E-state index is 13.5. The van der Waals surface area contributed by atoms with Crippen molar-refractivity contribution in [3.8, 4) is 6.07 Å². The van der Waals surface area contributed by atoms with E-state index in [1.54, 1.807) is 12.1 Å². The summed E-state index contributed by atoms with van der Waals surface area (Å²) in [4.78, 5) is 5.87. The standard InChI is InChI=1S/C23H25F3N4O3S/c1-2-33-16-22-7-9-29(19-6-5-17(11-27)21(10-19)23(24,25)26)13-18(22)14-30(15-22)34(31,32)20-4-3-8-28-12-20/h3-6,8,10,12,18H,2,7,9,13-16H2,1H3/t18-,22+/m1/s1. The molecule has 0 aliphatic carbocycles. The number of hydrogen-bond donors (Lipinski definition) is 0. The first-order chi connectivity index (χ1) is 16.1. The molecule has 0 saturated carbocycles. The van der Waals surface area contributed by atoms with Crippen molar-refractivity contribution in [1.29, 1.82) is 5.26 Å². The van der Waals surface area contributed by atoms with E-state index in [1.165, 1.54) is 34.9 Å². The molecule has 2 aliphatic heterocycles. The minimum atomic E-state index is -4.64. The summed E-state index contributed by atoms with van der Waals surface area (Å²) in [7, 11) is -3.77. The third kappa shape index (κ3) is 4.50. The Bertz CT molecular complexity index is 1180. The van der Waals surface area contributed by atoms with Gasteiger partial charge in [-0.2, -0.15) is 22.7 Å². The maximum absolute atomic E-state index is 13.5. The van der Waals surface area contributed by atoms with Gasteiger partial charge in [0.25, 0.3) is 0 Å². The van der Waals surface area contributed by atoms with Gasteiger partial charge in [0.15, 0.2) is 0 Å². The zero-order chi connectivity index (χ0) is 24.6. The van der Waals surface area contributed by atoms with E-state index in [1.807, 2.05) is 11.8 Å². The quantitative estimate of drug-likeness (QED) is 0.611. The molecule has 7 nitrogen and oxygen atoms in total. The molecule has 0 radical (unpaired) electrons. The van der Waals surface area contributed by atoms with Crippen LogP contribution < -0.4 is 4.90 Å². The topological polar surface area (TPSA) is 86.5 Å². The smallest absolute Gasteiger partial charge is 0.381 e. The second-order valence-electron chi connectivity index (χ2n) is 8.72. The second-order valence-corrected chi connectivity index (χ2v) is 10.7. The molecule has 3 heterocycles. The molecule has 11 heteroatoms. The molecule has 2 saturated heterocycles. The molecular formula is C23H25F3N4O3S. The van der Waals surface area contributed by atoms with Crippen LogP contribution in [0.1, 0.15) is 24.5 Å². The van der Waals surface area contributed by atoms with Gasteiger partial charge in [-0.1, -0.05) is 0 Å². The predicted octanol–water partition coefficient (Wildman–Crippen LogP) is 3.53. The molecule has 34 heavy (non-hydrogen) atoms. The lowest BCUT2D eigenvalue weighted by molar-refractivity contribution is -0.137. The fourth-order valence-electron chi connectivity index (χ4n) is 4.90. The molecule has 0 bridgehead atoms.